The van der Waals surface area contributed by atoms with E-state index in [1.54, 1.807) is 12.3 Å². The number of nitriles is 1. The quantitative estimate of drug-likeness (QED) is 0.571. The average Bonchev–Trinajstić information content (AvgIpc) is 2.20. The molecule has 0 atom stereocenters. The molecule has 0 aromatic carbocycles. The Kier molecular flexibility index (Phi) is 3.46. The van der Waals surface area contributed by atoms with Crippen molar-refractivity contribution in [2.75, 3.05) is 6.26 Å². The molecule has 78 valence electrons. The van der Waals surface area contributed by atoms with Gasteiger partial charge in [0, 0.05) is 0 Å². The molecule has 1 rings (SSSR count). The van der Waals surface area contributed by atoms with Crippen molar-refractivity contribution < 1.29 is 9.90 Å². The van der Waals surface area contributed by atoms with Crippen LogP contribution in [0.25, 0.3) is 0 Å². The molecule has 0 aliphatic heterocycles. The fraction of sp³-hybridized carbons (Fsp3) is 0.250. The summed E-state index contributed by atoms with van der Waals surface area (Å²) in [7, 11) is 0. The van der Waals surface area contributed by atoms with Crippen LogP contribution < -0.4 is 5.56 Å². The van der Waals surface area contributed by atoms with Crippen LogP contribution >= 0.6 is 11.8 Å². The van der Waals surface area contributed by atoms with E-state index in [0.29, 0.717) is 5.03 Å². The van der Waals surface area contributed by atoms with E-state index >= 15 is 0 Å². The molecule has 1 N–H and O–H groups in total. The Morgan fingerprint density at radius 2 is 2.47 bits per heavy atom. The fourth-order valence-corrected chi connectivity index (χ4v) is 1.47. The van der Waals surface area contributed by atoms with Gasteiger partial charge in [0.1, 0.15) is 23.2 Å². The maximum Gasteiger partial charge on any atom is 0.323 e. The Labute approximate surface area is 89.2 Å². The van der Waals surface area contributed by atoms with Gasteiger partial charge in [0.25, 0.3) is 5.56 Å². The minimum absolute atomic E-state index is 0.119. The highest BCUT2D eigenvalue weighted by molar-refractivity contribution is 7.98. The van der Waals surface area contributed by atoms with E-state index < -0.39 is 18.1 Å². The van der Waals surface area contributed by atoms with Crippen molar-refractivity contribution in [3.8, 4) is 6.07 Å². The highest BCUT2D eigenvalue weighted by Gasteiger charge is 2.11. The molecule has 0 bridgehead atoms. The molecule has 0 radical (unpaired) electrons. The molecule has 7 heteroatoms. The number of thioether (sulfide) groups is 1. The number of aromatic nitrogens is 2. The molecule has 0 saturated carbocycles. The number of rotatable bonds is 3. The fourth-order valence-electron chi connectivity index (χ4n) is 0.983. The standard InChI is InChI=1S/C8H7N3O3S/c1-15-7-5(2-9)8(14)11(4-10-7)3-6(12)13/h4H,3H2,1H3,(H,12,13). The smallest absolute Gasteiger partial charge is 0.323 e. The van der Waals surface area contributed by atoms with Gasteiger partial charge < -0.3 is 5.11 Å². The van der Waals surface area contributed by atoms with Crippen LogP contribution in [0.5, 0.6) is 0 Å². The molecule has 0 spiro atoms. The number of hydrogen-bond donors (Lipinski definition) is 1. The Morgan fingerprint density at radius 1 is 1.80 bits per heavy atom. The normalized spacial score (nSPS) is 9.60. The topological polar surface area (TPSA) is 96.0 Å². The minimum atomic E-state index is -1.15. The monoisotopic (exact) mass is 225 g/mol. The maximum absolute atomic E-state index is 11.5. The summed E-state index contributed by atoms with van der Waals surface area (Å²) in [4.78, 5) is 25.8. The van der Waals surface area contributed by atoms with Crippen molar-refractivity contribution in [3.63, 3.8) is 0 Å². The zero-order chi connectivity index (χ0) is 11.4. The molecular weight excluding hydrogens is 218 g/mol. The van der Waals surface area contributed by atoms with Gasteiger partial charge in [-0.1, -0.05) is 0 Å². The zero-order valence-electron chi connectivity index (χ0n) is 7.80. The number of aliphatic carboxylic acids is 1. The summed E-state index contributed by atoms with van der Waals surface area (Å²) in [6.45, 7) is -0.491. The van der Waals surface area contributed by atoms with Gasteiger partial charge in [0.2, 0.25) is 0 Å². The van der Waals surface area contributed by atoms with E-state index in [0.717, 1.165) is 10.9 Å². The minimum Gasteiger partial charge on any atom is -0.480 e. The van der Waals surface area contributed by atoms with E-state index in [4.69, 9.17) is 10.4 Å². The molecule has 15 heavy (non-hydrogen) atoms. The number of hydrogen-bond acceptors (Lipinski definition) is 5. The molecule has 0 aliphatic rings. The van der Waals surface area contributed by atoms with Crippen LogP contribution in [0.2, 0.25) is 0 Å². The number of carboxylic acid groups (broad SMARTS) is 1. The van der Waals surface area contributed by atoms with Crippen molar-refractivity contribution in [2.45, 2.75) is 11.6 Å². The molecule has 1 aromatic heterocycles. The van der Waals surface area contributed by atoms with E-state index in [1.807, 2.05) is 0 Å². The van der Waals surface area contributed by atoms with Crippen LogP contribution in [-0.2, 0) is 11.3 Å². The third-order valence-corrected chi connectivity index (χ3v) is 2.31. The van der Waals surface area contributed by atoms with Gasteiger partial charge in [-0.2, -0.15) is 5.26 Å². The average molecular weight is 225 g/mol. The number of carbonyl (C=O) groups is 1. The van der Waals surface area contributed by atoms with Gasteiger partial charge in [-0.05, 0) is 6.26 Å². The first-order valence-corrected chi connectivity index (χ1v) is 5.08. The highest BCUT2D eigenvalue weighted by Crippen LogP contribution is 2.12. The molecule has 6 nitrogen and oxygen atoms in total. The second kappa shape index (κ2) is 4.61. The summed E-state index contributed by atoms with van der Waals surface area (Å²) < 4.78 is 0.889. The van der Waals surface area contributed by atoms with E-state index in [-0.39, 0.29) is 5.56 Å². The second-order valence-electron chi connectivity index (χ2n) is 2.57. The van der Waals surface area contributed by atoms with Crippen LogP contribution in [-0.4, -0.2) is 26.9 Å². The second-order valence-corrected chi connectivity index (χ2v) is 3.36. The van der Waals surface area contributed by atoms with Crippen LogP contribution in [0.4, 0.5) is 0 Å². The van der Waals surface area contributed by atoms with Gasteiger partial charge in [0.05, 0.1) is 6.33 Å². The summed E-state index contributed by atoms with van der Waals surface area (Å²) in [6.07, 6.45) is 2.81. The lowest BCUT2D eigenvalue weighted by Gasteiger charge is -2.03. The molecule has 0 amide bonds. The first kappa shape index (κ1) is 11.3. The number of carboxylic acids is 1. The van der Waals surface area contributed by atoms with Crippen molar-refractivity contribution in [1.29, 1.82) is 5.26 Å². The molecule has 0 fully saturated rings. The lowest BCUT2D eigenvalue weighted by molar-refractivity contribution is -0.137. The summed E-state index contributed by atoms with van der Waals surface area (Å²) in [5.41, 5.74) is -0.745. The Morgan fingerprint density at radius 3 is 2.93 bits per heavy atom. The van der Waals surface area contributed by atoms with E-state index in [9.17, 15) is 9.59 Å². The Balaban J connectivity index is 3.31. The van der Waals surface area contributed by atoms with Crippen LogP contribution in [0.15, 0.2) is 16.1 Å². The molecule has 0 aliphatic carbocycles. The first-order valence-electron chi connectivity index (χ1n) is 3.85. The van der Waals surface area contributed by atoms with Crippen molar-refractivity contribution in [1.82, 2.24) is 9.55 Å². The van der Waals surface area contributed by atoms with Crippen molar-refractivity contribution >= 4 is 17.7 Å². The maximum atomic E-state index is 11.5. The predicted octanol–water partition coefficient (Wildman–Crippen LogP) is -0.0785. The van der Waals surface area contributed by atoms with Crippen molar-refractivity contribution in [3.05, 3.63) is 22.2 Å². The zero-order valence-corrected chi connectivity index (χ0v) is 8.61. The third kappa shape index (κ3) is 2.35. The van der Waals surface area contributed by atoms with E-state index in [2.05, 4.69) is 4.98 Å². The SMILES string of the molecule is CSc1ncn(CC(=O)O)c(=O)c1C#N. The third-order valence-electron chi connectivity index (χ3n) is 1.61. The lowest BCUT2D eigenvalue weighted by atomic mass is 10.3. The highest BCUT2D eigenvalue weighted by atomic mass is 32.2. The van der Waals surface area contributed by atoms with Gasteiger partial charge >= 0.3 is 5.97 Å². The summed E-state index contributed by atoms with van der Waals surface area (Å²) in [6, 6.07) is 1.72. The number of nitrogens with zero attached hydrogens (tertiary/aromatic N) is 3. The Bertz CT molecular complexity index is 489. The molecular formula is C8H7N3O3S. The Hall–Kier alpha value is -1.81. The molecule has 1 heterocycles. The van der Waals surface area contributed by atoms with Crippen LogP contribution in [0.3, 0.4) is 0 Å². The molecule has 0 saturated heterocycles. The molecule has 0 unspecified atom stereocenters. The predicted molar refractivity (Wildman–Crippen MR) is 52.6 cm³/mol. The van der Waals surface area contributed by atoms with Gasteiger partial charge in [-0.25, -0.2) is 4.98 Å². The van der Waals surface area contributed by atoms with Crippen LogP contribution in [0.1, 0.15) is 5.56 Å². The van der Waals surface area contributed by atoms with Gasteiger partial charge in [-0.3, -0.25) is 14.2 Å². The van der Waals surface area contributed by atoms with Crippen molar-refractivity contribution in [2.24, 2.45) is 0 Å². The van der Waals surface area contributed by atoms with Gasteiger partial charge in [0.15, 0.2) is 0 Å². The summed E-state index contributed by atoms with van der Waals surface area (Å²) in [5.74, 6) is -1.15. The summed E-state index contributed by atoms with van der Waals surface area (Å²) in [5, 5.41) is 17.5. The molecule has 1 aromatic rings. The lowest BCUT2D eigenvalue weighted by Crippen LogP contribution is -2.27. The van der Waals surface area contributed by atoms with Gasteiger partial charge in [-0.15, -0.1) is 11.8 Å². The summed E-state index contributed by atoms with van der Waals surface area (Å²) >= 11 is 1.17. The largest absolute Gasteiger partial charge is 0.480 e. The van der Waals surface area contributed by atoms with E-state index in [1.165, 1.54) is 11.8 Å². The first-order chi connectivity index (χ1) is 7.10. The van der Waals surface area contributed by atoms with Crippen LogP contribution in [0, 0.1) is 11.3 Å².